The molecule has 5 nitrogen and oxygen atoms in total. The van der Waals surface area contributed by atoms with Gasteiger partial charge in [0, 0.05) is 35.7 Å². The number of H-pyrrole nitrogens is 1. The molecule has 4 rings (SSSR count). The number of aromatic nitrogens is 1. The van der Waals surface area contributed by atoms with Crippen LogP contribution >= 0.6 is 11.3 Å². The molecule has 2 amide bonds. The lowest BCUT2D eigenvalue weighted by atomic mass is 10.1. The summed E-state index contributed by atoms with van der Waals surface area (Å²) in [5.41, 5.74) is 3.59. The SMILES string of the molecule is Cc1ccsc1C(CNC(=O)N(Cc1ccc2[nH]ccc2c1)C1CC1)N(C)C. The molecule has 0 saturated heterocycles. The number of likely N-dealkylation sites (N-methyl/N-ethyl adjacent to an activating group) is 1. The second kappa shape index (κ2) is 7.97. The van der Waals surface area contributed by atoms with Gasteiger partial charge >= 0.3 is 6.03 Å². The van der Waals surface area contributed by atoms with Crippen molar-refractivity contribution in [3.05, 3.63) is 57.9 Å². The number of benzene rings is 1. The largest absolute Gasteiger partial charge is 0.361 e. The Labute approximate surface area is 170 Å². The zero-order valence-electron chi connectivity index (χ0n) is 16.7. The first-order chi connectivity index (χ1) is 13.5. The number of carbonyl (C=O) groups excluding carboxylic acids is 1. The fraction of sp³-hybridized carbons (Fsp3) is 0.409. The first-order valence-corrected chi connectivity index (χ1v) is 10.7. The van der Waals surface area contributed by atoms with E-state index in [0.29, 0.717) is 19.1 Å². The molecule has 0 bridgehead atoms. The van der Waals surface area contributed by atoms with Gasteiger partial charge in [-0.25, -0.2) is 4.79 Å². The minimum absolute atomic E-state index is 0.0396. The Hall–Kier alpha value is -2.31. The number of nitrogens with zero attached hydrogens (tertiary/aromatic N) is 2. The summed E-state index contributed by atoms with van der Waals surface area (Å²) in [6.45, 7) is 3.41. The molecule has 6 heteroatoms. The van der Waals surface area contributed by atoms with Crippen molar-refractivity contribution in [1.82, 2.24) is 20.1 Å². The molecule has 0 radical (unpaired) electrons. The van der Waals surface area contributed by atoms with Crippen LogP contribution < -0.4 is 5.32 Å². The summed E-state index contributed by atoms with van der Waals surface area (Å²) in [6, 6.07) is 11.2. The van der Waals surface area contributed by atoms with E-state index in [0.717, 1.165) is 18.4 Å². The Morgan fingerprint density at radius 3 is 2.79 bits per heavy atom. The molecular formula is C22H28N4OS. The second-order valence-electron chi connectivity index (χ2n) is 7.89. The van der Waals surface area contributed by atoms with Crippen LogP contribution in [0.25, 0.3) is 10.9 Å². The summed E-state index contributed by atoms with van der Waals surface area (Å²) < 4.78 is 0. The molecule has 0 spiro atoms. The van der Waals surface area contributed by atoms with Crippen molar-refractivity contribution >= 4 is 28.3 Å². The summed E-state index contributed by atoms with van der Waals surface area (Å²) in [5, 5.41) is 6.51. The molecule has 2 N–H and O–H groups in total. The quantitative estimate of drug-likeness (QED) is 0.617. The Bertz CT molecular complexity index is 956. The Balaban J connectivity index is 1.44. The molecule has 1 unspecified atom stereocenters. The number of fused-ring (bicyclic) bond motifs is 1. The third-order valence-electron chi connectivity index (χ3n) is 5.49. The Morgan fingerprint density at radius 2 is 2.11 bits per heavy atom. The average Bonchev–Trinajstić information content (AvgIpc) is 3.25. The van der Waals surface area contributed by atoms with Gasteiger partial charge in [0.15, 0.2) is 0 Å². The normalized spacial score (nSPS) is 15.1. The van der Waals surface area contributed by atoms with Gasteiger partial charge in [-0.15, -0.1) is 11.3 Å². The van der Waals surface area contributed by atoms with Gasteiger partial charge in [-0.05, 0) is 80.0 Å². The van der Waals surface area contributed by atoms with Crippen LogP contribution in [0.5, 0.6) is 0 Å². The number of nitrogens with one attached hydrogen (secondary N) is 2. The first-order valence-electron chi connectivity index (χ1n) is 9.84. The van der Waals surface area contributed by atoms with Crippen LogP contribution in [0.15, 0.2) is 41.9 Å². The third kappa shape index (κ3) is 4.08. The number of urea groups is 1. The van der Waals surface area contributed by atoms with Crippen molar-refractivity contribution < 1.29 is 4.79 Å². The van der Waals surface area contributed by atoms with E-state index in [1.807, 2.05) is 11.1 Å². The van der Waals surface area contributed by atoms with Crippen molar-refractivity contribution in [3.8, 4) is 0 Å². The molecule has 28 heavy (non-hydrogen) atoms. The fourth-order valence-corrected chi connectivity index (χ4v) is 4.80. The monoisotopic (exact) mass is 396 g/mol. The maximum absolute atomic E-state index is 13.0. The summed E-state index contributed by atoms with van der Waals surface area (Å²) in [5.74, 6) is 0. The van der Waals surface area contributed by atoms with Crippen LogP contribution in [0.1, 0.15) is 34.9 Å². The fourth-order valence-electron chi connectivity index (χ4n) is 3.67. The van der Waals surface area contributed by atoms with E-state index < -0.39 is 0 Å². The average molecular weight is 397 g/mol. The molecule has 1 aromatic carbocycles. The van der Waals surface area contributed by atoms with E-state index in [-0.39, 0.29) is 12.1 Å². The number of carbonyl (C=O) groups is 1. The number of hydrogen-bond acceptors (Lipinski definition) is 3. The van der Waals surface area contributed by atoms with E-state index >= 15 is 0 Å². The minimum atomic E-state index is 0.0396. The van der Waals surface area contributed by atoms with Crippen LogP contribution in [0.2, 0.25) is 0 Å². The number of aryl methyl sites for hydroxylation is 1. The lowest BCUT2D eigenvalue weighted by Crippen LogP contribution is -2.44. The van der Waals surface area contributed by atoms with Crippen LogP contribution in [-0.2, 0) is 6.54 Å². The smallest absolute Gasteiger partial charge is 0.318 e. The lowest BCUT2D eigenvalue weighted by Gasteiger charge is -2.28. The molecule has 2 aromatic heterocycles. The number of rotatable bonds is 7. The number of hydrogen-bond donors (Lipinski definition) is 2. The number of amides is 2. The van der Waals surface area contributed by atoms with Gasteiger partial charge in [0.1, 0.15) is 0 Å². The van der Waals surface area contributed by atoms with Crippen LogP contribution in [0.4, 0.5) is 4.79 Å². The first kappa shape index (κ1) is 19.0. The highest BCUT2D eigenvalue weighted by molar-refractivity contribution is 7.10. The van der Waals surface area contributed by atoms with Gasteiger partial charge in [-0.3, -0.25) is 0 Å². The summed E-state index contributed by atoms with van der Waals surface area (Å²) in [4.78, 5) is 21.7. The molecule has 1 saturated carbocycles. The summed E-state index contributed by atoms with van der Waals surface area (Å²) >= 11 is 1.76. The van der Waals surface area contributed by atoms with Crippen molar-refractivity contribution in [2.24, 2.45) is 0 Å². The zero-order chi connectivity index (χ0) is 19.7. The number of aromatic amines is 1. The molecule has 0 aliphatic heterocycles. The van der Waals surface area contributed by atoms with E-state index in [2.05, 4.69) is 71.9 Å². The summed E-state index contributed by atoms with van der Waals surface area (Å²) in [7, 11) is 4.14. The van der Waals surface area contributed by atoms with E-state index in [1.165, 1.54) is 21.4 Å². The van der Waals surface area contributed by atoms with E-state index in [4.69, 9.17) is 0 Å². The zero-order valence-corrected chi connectivity index (χ0v) is 17.6. The molecule has 2 heterocycles. The van der Waals surface area contributed by atoms with Gasteiger partial charge < -0.3 is 20.1 Å². The predicted molar refractivity (Wildman–Crippen MR) is 116 cm³/mol. The van der Waals surface area contributed by atoms with Crippen LogP contribution in [0.3, 0.4) is 0 Å². The highest BCUT2D eigenvalue weighted by Gasteiger charge is 2.33. The van der Waals surface area contributed by atoms with Gasteiger partial charge in [0.2, 0.25) is 0 Å². The molecule has 1 atom stereocenters. The third-order valence-corrected chi connectivity index (χ3v) is 6.61. The standard InChI is InChI=1S/C22H28N4OS/c1-15-9-11-28-21(15)20(25(2)3)13-24-22(27)26(18-5-6-18)14-16-4-7-19-17(12-16)8-10-23-19/h4,7-12,18,20,23H,5-6,13-14H2,1-3H3,(H,24,27). The van der Waals surface area contributed by atoms with Gasteiger partial charge in [-0.1, -0.05) is 6.07 Å². The molecular weight excluding hydrogens is 368 g/mol. The Morgan fingerprint density at radius 1 is 1.29 bits per heavy atom. The van der Waals surface area contributed by atoms with Crippen LogP contribution in [0, 0.1) is 6.92 Å². The van der Waals surface area contributed by atoms with Crippen molar-refractivity contribution in [1.29, 1.82) is 0 Å². The molecule has 148 valence electrons. The van der Waals surface area contributed by atoms with Crippen molar-refractivity contribution in [2.45, 2.75) is 38.4 Å². The molecule has 1 aliphatic carbocycles. The van der Waals surface area contributed by atoms with Gasteiger partial charge in [0.25, 0.3) is 0 Å². The highest BCUT2D eigenvalue weighted by atomic mass is 32.1. The predicted octanol–water partition coefficient (Wildman–Crippen LogP) is 4.51. The lowest BCUT2D eigenvalue weighted by molar-refractivity contribution is 0.187. The molecule has 1 aliphatic rings. The molecule has 3 aromatic rings. The van der Waals surface area contributed by atoms with E-state index in [1.54, 1.807) is 11.3 Å². The Kier molecular flexibility index (Phi) is 5.42. The summed E-state index contributed by atoms with van der Waals surface area (Å²) in [6.07, 6.45) is 4.15. The van der Waals surface area contributed by atoms with E-state index in [9.17, 15) is 4.79 Å². The second-order valence-corrected chi connectivity index (χ2v) is 8.84. The van der Waals surface area contributed by atoms with Gasteiger partial charge in [0.05, 0.1) is 6.04 Å². The highest BCUT2D eigenvalue weighted by Crippen LogP contribution is 2.30. The topological polar surface area (TPSA) is 51.4 Å². The number of thiophene rings is 1. The van der Waals surface area contributed by atoms with Gasteiger partial charge in [-0.2, -0.15) is 0 Å². The van der Waals surface area contributed by atoms with Crippen molar-refractivity contribution in [2.75, 3.05) is 20.6 Å². The van der Waals surface area contributed by atoms with Crippen LogP contribution in [-0.4, -0.2) is 47.5 Å². The molecule has 1 fully saturated rings. The maximum atomic E-state index is 13.0. The minimum Gasteiger partial charge on any atom is -0.361 e. The maximum Gasteiger partial charge on any atom is 0.318 e. The van der Waals surface area contributed by atoms with Crippen molar-refractivity contribution in [3.63, 3.8) is 0 Å².